The molecule has 2 aromatic rings. The van der Waals surface area contributed by atoms with Crippen LogP contribution in [0.5, 0.6) is 0 Å². The highest BCUT2D eigenvalue weighted by Crippen LogP contribution is 2.87. The molecule has 0 radical (unpaired) electrons. The van der Waals surface area contributed by atoms with E-state index in [2.05, 4.69) is 17.1 Å². The lowest BCUT2D eigenvalue weighted by Crippen LogP contribution is -2.43. The Kier molecular flexibility index (Phi) is 3.86. The van der Waals surface area contributed by atoms with Gasteiger partial charge in [-0.25, -0.2) is 4.99 Å². The SMILES string of the molecule is C[C@@H]1CO[C@]2(N=C(N)[C@@]3(C#N)C(Cc4ccccc4)(Cc4ccccc4)[C@@]23C#N)O1. The molecule has 30 heavy (non-hydrogen) atoms. The quantitative estimate of drug-likeness (QED) is 0.853. The molecule has 2 heterocycles. The molecule has 6 heteroatoms. The number of nitrogens with zero attached hydrogens (tertiary/aromatic N) is 3. The summed E-state index contributed by atoms with van der Waals surface area (Å²) in [5.41, 5.74) is 5.03. The highest BCUT2D eigenvalue weighted by molar-refractivity contribution is 6.00. The second-order valence-corrected chi connectivity index (χ2v) is 8.45. The molecule has 2 aliphatic heterocycles. The van der Waals surface area contributed by atoms with Crippen LogP contribution in [0.15, 0.2) is 65.7 Å². The van der Waals surface area contributed by atoms with E-state index in [1.165, 1.54) is 0 Å². The third-order valence-corrected chi connectivity index (χ3v) is 6.97. The first kappa shape index (κ1) is 18.8. The van der Waals surface area contributed by atoms with E-state index in [0.29, 0.717) is 19.4 Å². The molecule has 0 unspecified atom stereocenters. The van der Waals surface area contributed by atoms with Gasteiger partial charge in [-0.05, 0) is 30.9 Å². The Labute approximate surface area is 175 Å². The van der Waals surface area contributed by atoms with E-state index in [9.17, 15) is 10.5 Å². The molecule has 2 fully saturated rings. The van der Waals surface area contributed by atoms with Crippen LogP contribution in [0.3, 0.4) is 0 Å². The number of amidine groups is 1. The summed E-state index contributed by atoms with van der Waals surface area (Å²) in [6.45, 7) is 2.17. The third kappa shape index (κ3) is 1.96. The number of rotatable bonds is 4. The zero-order chi connectivity index (χ0) is 21.0. The minimum atomic E-state index is -1.55. The highest BCUT2D eigenvalue weighted by atomic mass is 16.8. The first-order valence-electron chi connectivity index (χ1n) is 10.1. The Hall–Kier alpha value is -3.19. The highest BCUT2D eigenvalue weighted by Gasteiger charge is 3.00. The summed E-state index contributed by atoms with van der Waals surface area (Å²) < 4.78 is 12.1. The Balaban J connectivity index is 1.73. The number of hydrogen-bond acceptors (Lipinski definition) is 6. The summed E-state index contributed by atoms with van der Waals surface area (Å²) in [7, 11) is 0. The largest absolute Gasteiger partial charge is 0.386 e. The monoisotopic (exact) mass is 398 g/mol. The summed E-state index contributed by atoms with van der Waals surface area (Å²) in [4.78, 5) is 4.47. The van der Waals surface area contributed by atoms with Crippen molar-refractivity contribution in [3.05, 3.63) is 71.8 Å². The molecule has 150 valence electrons. The number of ether oxygens (including phenoxy) is 2. The van der Waals surface area contributed by atoms with Gasteiger partial charge < -0.3 is 15.2 Å². The van der Waals surface area contributed by atoms with Crippen molar-refractivity contribution in [3.63, 3.8) is 0 Å². The van der Waals surface area contributed by atoms with Crippen molar-refractivity contribution >= 4 is 5.84 Å². The van der Waals surface area contributed by atoms with E-state index in [1.54, 1.807) is 0 Å². The molecule has 1 saturated heterocycles. The van der Waals surface area contributed by atoms with Crippen LogP contribution in [0.25, 0.3) is 0 Å². The molecule has 2 N–H and O–H groups in total. The summed E-state index contributed by atoms with van der Waals surface area (Å²) in [6.07, 6.45) is 0.735. The van der Waals surface area contributed by atoms with Crippen molar-refractivity contribution in [2.75, 3.05) is 6.61 Å². The van der Waals surface area contributed by atoms with Crippen molar-refractivity contribution in [1.29, 1.82) is 10.5 Å². The maximum Gasteiger partial charge on any atom is 0.293 e. The molecule has 1 spiro atoms. The number of nitrogens with two attached hydrogens (primary N) is 1. The number of benzene rings is 2. The van der Waals surface area contributed by atoms with Crippen molar-refractivity contribution < 1.29 is 9.47 Å². The third-order valence-electron chi connectivity index (χ3n) is 6.97. The second kappa shape index (κ2) is 6.15. The molecule has 3 aliphatic rings. The molecule has 6 nitrogen and oxygen atoms in total. The molecular weight excluding hydrogens is 376 g/mol. The molecule has 0 amide bonds. The molecule has 2 aromatic carbocycles. The minimum absolute atomic E-state index is 0.132. The molecule has 1 saturated carbocycles. The predicted octanol–water partition coefficient (Wildman–Crippen LogP) is 2.95. The van der Waals surface area contributed by atoms with Crippen molar-refractivity contribution in [3.8, 4) is 12.1 Å². The average molecular weight is 398 g/mol. The van der Waals surface area contributed by atoms with Gasteiger partial charge in [0.2, 0.25) is 0 Å². The van der Waals surface area contributed by atoms with Gasteiger partial charge in [0.25, 0.3) is 5.91 Å². The number of hydrogen-bond donors (Lipinski definition) is 1. The molecular formula is C24H22N4O2. The zero-order valence-corrected chi connectivity index (χ0v) is 16.7. The van der Waals surface area contributed by atoms with Gasteiger partial charge in [-0.15, -0.1) is 0 Å². The van der Waals surface area contributed by atoms with E-state index in [1.807, 2.05) is 67.6 Å². The van der Waals surface area contributed by atoms with Crippen LogP contribution in [0.4, 0.5) is 0 Å². The van der Waals surface area contributed by atoms with Crippen molar-refractivity contribution in [1.82, 2.24) is 0 Å². The first-order chi connectivity index (χ1) is 14.5. The van der Waals surface area contributed by atoms with Crippen LogP contribution in [0.1, 0.15) is 18.1 Å². The number of nitriles is 2. The fourth-order valence-electron chi connectivity index (χ4n) is 5.81. The Morgan fingerprint density at radius 3 is 2.00 bits per heavy atom. The van der Waals surface area contributed by atoms with Crippen LogP contribution in [0.2, 0.25) is 0 Å². The smallest absolute Gasteiger partial charge is 0.293 e. The fourth-order valence-corrected chi connectivity index (χ4v) is 5.81. The van der Waals surface area contributed by atoms with E-state index >= 15 is 0 Å². The molecule has 5 rings (SSSR count). The fraction of sp³-hybridized carbons (Fsp3) is 0.375. The minimum Gasteiger partial charge on any atom is -0.386 e. The average Bonchev–Trinajstić information content (AvgIpc) is 2.92. The lowest BCUT2D eigenvalue weighted by atomic mass is 9.79. The second-order valence-electron chi connectivity index (χ2n) is 8.45. The Morgan fingerprint density at radius 1 is 1.00 bits per heavy atom. The topological polar surface area (TPSA) is 104 Å². The van der Waals surface area contributed by atoms with Crippen LogP contribution in [-0.2, 0) is 22.3 Å². The summed E-state index contributed by atoms with van der Waals surface area (Å²) in [5, 5.41) is 21.1. The first-order valence-corrected chi connectivity index (χ1v) is 10.1. The lowest BCUT2D eigenvalue weighted by molar-refractivity contribution is -0.200. The molecule has 0 aromatic heterocycles. The van der Waals surface area contributed by atoms with Crippen molar-refractivity contribution in [2.45, 2.75) is 31.8 Å². The van der Waals surface area contributed by atoms with E-state index in [0.717, 1.165) is 11.1 Å². The molecule has 1 aliphatic carbocycles. The van der Waals surface area contributed by atoms with Gasteiger partial charge in [0.05, 0.1) is 24.8 Å². The molecule has 4 atom stereocenters. The van der Waals surface area contributed by atoms with Crippen molar-refractivity contribution in [2.24, 2.45) is 27.0 Å². The van der Waals surface area contributed by atoms with Gasteiger partial charge in [-0.1, -0.05) is 60.7 Å². The van der Waals surface area contributed by atoms with Gasteiger partial charge in [-0.3, -0.25) is 0 Å². The Morgan fingerprint density at radius 2 is 1.57 bits per heavy atom. The van der Waals surface area contributed by atoms with Crippen LogP contribution >= 0.6 is 0 Å². The predicted molar refractivity (Wildman–Crippen MR) is 110 cm³/mol. The van der Waals surface area contributed by atoms with Gasteiger partial charge >= 0.3 is 0 Å². The van der Waals surface area contributed by atoms with E-state index in [-0.39, 0.29) is 11.9 Å². The normalized spacial score (nSPS) is 35.3. The standard InChI is InChI=1S/C24H22N4O2/c1-17-14-29-24(30-17)23(16-26)21(12-18-8-4-2-5-9-18,13-19-10-6-3-7-11-19)22(23,15-25)20(27)28-24/h2-11,17H,12-14H2,1H3,(H2,27,28)/t17-,22+,23-,24+/m1/s1. The Bertz CT molecular complexity index is 1060. The summed E-state index contributed by atoms with van der Waals surface area (Å²) in [5.74, 6) is -1.42. The van der Waals surface area contributed by atoms with Gasteiger partial charge in [0, 0.05) is 5.41 Å². The van der Waals surface area contributed by atoms with E-state index in [4.69, 9.17) is 15.2 Å². The number of aliphatic imine (C=N–C) groups is 1. The summed E-state index contributed by atoms with van der Waals surface area (Å²) in [6, 6.07) is 24.6. The maximum absolute atomic E-state index is 10.6. The van der Waals surface area contributed by atoms with Gasteiger partial charge in [0.1, 0.15) is 11.3 Å². The summed E-state index contributed by atoms with van der Waals surface area (Å²) >= 11 is 0. The van der Waals surface area contributed by atoms with Crippen LogP contribution in [0, 0.1) is 38.9 Å². The molecule has 0 bridgehead atoms. The number of fused-ring (bicyclic) bond motifs is 2. The van der Waals surface area contributed by atoms with E-state index < -0.39 is 22.2 Å². The zero-order valence-electron chi connectivity index (χ0n) is 16.7. The van der Waals surface area contributed by atoms with Gasteiger partial charge in [-0.2, -0.15) is 10.5 Å². The maximum atomic E-state index is 10.6. The van der Waals surface area contributed by atoms with Crippen LogP contribution in [-0.4, -0.2) is 24.5 Å². The lowest BCUT2D eigenvalue weighted by Gasteiger charge is -2.32. The van der Waals surface area contributed by atoms with Crippen LogP contribution < -0.4 is 5.73 Å². The van der Waals surface area contributed by atoms with Gasteiger partial charge in [0.15, 0.2) is 5.41 Å².